The van der Waals surface area contributed by atoms with E-state index in [4.69, 9.17) is 4.74 Å². The Labute approximate surface area is 146 Å². The molecule has 1 atom stereocenters. The van der Waals surface area contributed by atoms with Crippen molar-refractivity contribution >= 4 is 29.7 Å². The maximum atomic E-state index is 11.8. The van der Waals surface area contributed by atoms with Crippen molar-refractivity contribution in [1.82, 2.24) is 10.6 Å². The molecule has 0 heterocycles. The van der Waals surface area contributed by atoms with Crippen molar-refractivity contribution < 1.29 is 19.1 Å². The molecule has 24 heavy (non-hydrogen) atoms. The molecule has 1 unspecified atom stereocenters. The second-order valence-corrected chi connectivity index (χ2v) is 7.41. The molecule has 0 aliphatic rings. The van der Waals surface area contributed by atoms with Crippen LogP contribution in [0.4, 0.5) is 4.79 Å². The zero-order valence-corrected chi connectivity index (χ0v) is 15.2. The first-order valence-electron chi connectivity index (χ1n) is 7.68. The number of benzene rings is 1. The van der Waals surface area contributed by atoms with Crippen molar-refractivity contribution in [3.05, 3.63) is 30.3 Å². The third-order valence-electron chi connectivity index (χ3n) is 2.72. The Balaban J connectivity index is 2.30. The molecular weight excluding hydrogens is 328 g/mol. The third kappa shape index (κ3) is 8.57. The second-order valence-electron chi connectivity index (χ2n) is 6.24. The fourth-order valence-corrected chi connectivity index (χ4v) is 2.52. The van der Waals surface area contributed by atoms with Crippen LogP contribution in [0.1, 0.15) is 34.1 Å². The number of amides is 3. The normalized spacial score (nSPS) is 12.2. The molecule has 7 heteroatoms. The van der Waals surface area contributed by atoms with E-state index < -0.39 is 29.6 Å². The fraction of sp³-hybridized carbons (Fsp3) is 0.471. The summed E-state index contributed by atoms with van der Waals surface area (Å²) in [5, 5.41) is 4.75. The highest BCUT2D eigenvalue weighted by atomic mass is 32.2. The van der Waals surface area contributed by atoms with Gasteiger partial charge in [-0.15, -0.1) is 11.8 Å². The molecule has 1 aromatic carbocycles. The fourth-order valence-electron chi connectivity index (χ4n) is 1.66. The van der Waals surface area contributed by atoms with Gasteiger partial charge in [-0.2, -0.15) is 0 Å². The first-order chi connectivity index (χ1) is 11.2. The molecule has 0 saturated carbocycles. The predicted molar refractivity (Wildman–Crippen MR) is 93.8 cm³/mol. The number of nitrogens with one attached hydrogen (secondary N) is 2. The smallest absolute Gasteiger partial charge is 0.321 e. The van der Waals surface area contributed by atoms with E-state index >= 15 is 0 Å². The van der Waals surface area contributed by atoms with Crippen molar-refractivity contribution in [2.75, 3.05) is 5.75 Å². The number of urea groups is 1. The van der Waals surface area contributed by atoms with Gasteiger partial charge in [-0.3, -0.25) is 14.9 Å². The van der Waals surface area contributed by atoms with E-state index in [2.05, 4.69) is 10.6 Å². The topological polar surface area (TPSA) is 84.5 Å². The van der Waals surface area contributed by atoms with Crippen LogP contribution in [0.5, 0.6) is 0 Å². The molecule has 0 radical (unpaired) electrons. The largest absolute Gasteiger partial charge is 0.453 e. The van der Waals surface area contributed by atoms with E-state index in [9.17, 15) is 14.4 Å². The van der Waals surface area contributed by atoms with Gasteiger partial charge in [0, 0.05) is 16.2 Å². The summed E-state index contributed by atoms with van der Waals surface area (Å²) in [4.78, 5) is 36.2. The first kappa shape index (κ1) is 20.0. The van der Waals surface area contributed by atoms with Crippen LogP contribution in [-0.4, -0.2) is 35.3 Å². The van der Waals surface area contributed by atoms with Crippen molar-refractivity contribution in [1.29, 1.82) is 0 Å². The molecular formula is C17H24N2O4S. The number of carbonyl (C=O) groups is 3. The molecule has 0 saturated heterocycles. The number of hydrogen-bond donors (Lipinski definition) is 2. The number of imide groups is 1. The molecule has 6 nitrogen and oxygen atoms in total. The van der Waals surface area contributed by atoms with Crippen molar-refractivity contribution in [2.45, 2.75) is 50.7 Å². The maximum Gasteiger partial charge on any atom is 0.321 e. The summed E-state index contributed by atoms with van der Waals surface area (Å²) in [5.74, 6) is -0.569. The van der Waals surface area contributed by atoms with Gasteiger partial charge >= 0.3 is 12.0 Å². The van der Waals surface area contributed by atoms with Gasteiger partial charge in [-0.25, -0.2) is 4.79 Å². The van der Waals surface area contributed by atoms with Gasteiger partial charge in [0.25, 0.3) is 5.91 Å². The summed E-state index contributed by atoms with van der Waals surface area (Å²) in [6.45, 7) is 6.82. The predicted octanol–water partition coefficient (Wildman–Crippen LogP) is 2.72. The molecule has 0 spiro atoms. The average molecular weight is 352 g/mol. The van der Waals surface area contributed by atoms with E-state index in [1.807, 2.05) is 30.3 Å². The summed E-state index contributed by atoms with van der Waals surface area (Å²) in [7, 11) is 0. The Morgan fingerprint density at radius 1 is 1.17 bits per heavy atom. The Hall–Kier alpha value is -2.02. The van der Waals surface area contributed by atoms with Gasteiger partial charge in [-0.05, 0) is 39.8 Å². The first-order valence-corrected chi connectivity index (χ1v) is 8.66. The summed E-state index contributed by atoms with van der Waals surface area (Å²) < 4.78 is 5.04. The summed E-state index contributed by atoms with van der Waals surface area (Å²) >= 11 is 1.54. The Bertz CT molecular complexity index is 570. The average Bonchev–Trinajstić information content (AvgIpc) is 2.46. The third-order valence-corrected chi connectivity index (χ3v) is 3.73. The summed E-state index contributed by atoms with van der Waals surface area (Å²) in [6.07, 6.45) is -0.837. The van der Waals surface area contributed by atoms with Crippen molar-refractivity contribution in [2.24, 2.45) is 0 Å². The number of esters is 1. The lowest BCUT2D eigenvalue weighted by Crippen LogP contribution is -2.50. The van der Waals surface area contributed by atoms with E-state index in [1.54, 1.807) is 20.8 Å². The molecule has 1 aromatic rings. The van der Waals surface area contributed by atoms with Gasteiger partial charge in [-0.1, -0.05) is 18.2 Å². The van der Waals surface area contributed by atoms with Gasteiger partial charge in [0.05, 0.1) is 6.42 Å². The Morgan fingerprint density at radius 3 is 2.38 bits per heavy atom. The van der Waals surface area contributed by atoms with Gasteiger partial charge < -0.3 is 10.1 Å². The summed E-state index contributed by atoms with van der Waals surface area (Å²) in [5.41, 5.74) is -0.459. The Kier molecular flexibility index (Phi) is 7.78. The van der Waals surface area contributed by atoms with Crippen molar-refractivity contribution in [3.63, 3.8) is 0 Å². The van der Waals surface area contributed by atoms with Crippen LogP contribution in [0, 0.1) is 0 Å². The summed E-state index contributed by atoms with van der Waals surface area (Å²) in [6, 6.07) is 9.08. The SMILES string of the molecule is CC(OC(=O)CCSc1ccccc1)C(=O)NC(=O)NC(C)(C)C. The zero-order chi connectivity index (χ0) is 18.2. The van der Waals surface area contributed by atoms with Crippen LogP contribution in [0.3, 0.4) is 0 Å². The molecule has 2 N–H and O–H groups in total. The number of ether oxygens (including phenoxy) is 1. The lowest BCUT2D eigenvalue weighted by atomic mass is 10.1. The minimum atomic E-state index is -1.02. The molecule has 0 fully saturated rings. The molecule has 132 valence electrons. The molecule has 0 bridgehead atoms. The second kappa shape index (κ2) is 9.32. The maximum absolute atomic E-state index is 11.8. The number of thioether (sulfide) groups is 1. The molecule has 3 amide bonds. The highest BCUT2D eigenvalue weighted by Crippen LogP contribution is 2.17. The van der Waals surface area contributed by atoms with Gasteiger partial charge in [0.1, 0.15) is 0 Å². The van der Waals surface area contributed by atoms with E-state index in [-0.39, 0.29) is 6.42 Å². The zero-order valence-electron chi connectivity index (χ0n) is 14.4. The highest BCUT2D eigenvalue weighted by molar-refractivity contribution is 7.99. The minimum absolute atomic E-state index is 0.186. The number of carbonyl (C=O) groups excluding carboxylic acids is 3. The van der Waals surface area contributed by atoms with Gasteiger partial charge in [0.2, 0.25) is 0 Å². The van der Waals surface area contributed by atoms with Gasteiger partial charge in [0.15, 0.2) is 6.10 Å². The highest BCUT2D eigenvalue weighted by Gasteiger charge is 2.21. The van der Waals surface area contributed by atoms with Crippen molar-refractivity contribution in [3.8, 4) is 0 Å². The van der Waals surface area contributed by atoms with Crippen LogP contribution in [0.25, 0.3) is 0 Å². The molecule has 0 aliphatic carbocycles. The van der Waals surface area contributed by atoms with Crippen LogP contribution in [-0.2, 0) is 14.3 Å². The van der Waals surface area contributed by atoms with E-state index in [1.165, 1.54) is 18.7 Å². The number of rotatable bonds is 6. The molecule has 1 rings (SSSR count). The van der Waals surface area contributed by atoms with Crippen LogP contribution >= 0.6 is 11.8 Å². The van der Waals surface area contributed by atoms with Crippen LogP contribution in [0.15, 0.2) is 35.2 Å². The van der Waals surface area contributed by atoms with Crippen LogP contribution in [0.2, 0.25) is 0 Å². The number of hydrogen-bond acceptors (Lipinski definition) is 5. The quantitative estimate of drug-likeness (QED) is 0.607. The standard InChI is InChI=1S/C17H24N2O4S/c1-12(15(21)18-16(22)19-17(2,3)4)23-14(20)10-11-24-13-8-6-5-7-9-13/h5-9,12H,10-11H2,1-4H3,(H2,18,19,21,22). The van der Waals surface area contributed by atoms with E-state index in [0.717, 1.165) is 4.90 Å². The minimum Gasteiger partial charge on any atom is -0.453 e. The monoisotopic (exact) mass is 352 g/mol. The lowest BCUT2D eigenvalue weighted by molar-refractivity contribution is -0.154. The molecule has 0 aromatic heterocycles. The molecule has 0 aliphatic heterocycles. The Morgan fingerprint density at radius 2 is 1.79 bits per heavy atom. The lowest BCUT2D eigenvalue weighted by Gasteiger charge is -2.21. The van der Waals surface area contributed by atoms with E-state index in [0.29, 0.717) is 5.75 Å². The van der Waals surface area contributed by atoms with Crippen LogP contribution < -0.4 is 10.6 Å².